The van der Waals surface area contributed by atoms with Crippen LogP contribution in [-0.2, 0) is 7.05 Å². The molecular formula is C11H14N4O3. The van der Waals surface area contributed by atoms with Gasteiger partial charge in [0.1, 0.15) is 11.5 Å². The predicted molar refractivity (Wildman–Crippen MR) is 65.3 cm³/mol. The maximum atomic E-state index is 11.0. The van der Waals surface area contributed by atoms with E-state index in [1.807, 2.05) is 13.0 Å². The summed E-state index contributed by atoms with van der Waals surface area (Å²) in [6.45, 7) is 3.48. The molecule has 7 heteroatoms. The van der Waals surface area contributed by atoms with Gasteiger partial charge in [0.25, 0.3) is 0 Å². The van der Waals surface area contributed by atoms with E-state index in [1.165, 1.54) is 4.68 Å². The zero-order valence-electron chi connectivity index (χ0n) is 10.4. The monoisotopic (exact) mass is 250 g/mol. The molecule has 1 atom stereocenters. The molecule has 0 amide bonds. The van der Waals surface area contributed by atoms with Crippen molar-refractivity contribution < 1.29 is 9.34 Å². The zero-order chi connectivity index (χ0) is 13.3. The number of furan rings is 1. The number of rotatable bonds is 4. The summed E-state index contributed by atoms with van der Waals surface area (Å²) >= 11 is 0. The maximum Gasteiger partial charge on any atom is 0.333 e. The molecule has 0 spiro atoms. The van der Waals surface area contributed by atoms with Gasteiger partial charge in [0.15, 0.2) is 0 Å². The predicted octanol–water partition coefficient (Wildman–Crippen LogP) is 2.40. The third-order valence-corrected chi connectivity index (χ3v) is 2.70. The van der Waals surface area contributed by atoms with Crippen molar-refractivity contribution in [2.75, 3.05) is 5.32 Å². The van der Waals surface area contributed by atoms with E-state index < -0.39 is 4.92 Å². The SMILES string of the molecule is Cc1nn(C)c(NC(C)c2ccco2)c1[N+](=O)[O-]. The number of nitrogens with zero attached hydrogens (tertiary/aromatic N) is 3. The first kappa shape index (κ1) is 12.2. The fourth-order valence-electron chi connectivity index (χ4n) is 1.84. The van der Waals surface area contributed by atoms with E-state index in [4.69, 9.17) is 4.42 Å². The van der Waals surface area contributed by atoms with E-state index in [-0.39, 0.29) is 11.7 Å². The first-order valence-electron chi connectivity index (χ1n) is 5.48. The summed E-state index contributed by atoms with van der Waals surface area (Å²) in [5, 5.41) is 18.1. The average molecular weight is 250 g/mol. The summed E-state index contributed by atoms with van der Waals surface area (Å²) < 4.78 is 6.72. The number of nitrogens with one attached hydrogen (secondary N) is 1. The quantitative estimate of drug-likeness (QED) is 0.665. The molecule has 18 heavy (non-hydrogen) atoms. The van der Waals surface area contributed by atoms with Gasteiger partial charge < -0.3 is 9.73 Å². The highest BCUT2D eigenvalue weighted by atomic mass is 16.6. The van der Waals surface area contributed by atoms with Gasteiger partial charge in [-0.05, 0) is 26.0 Å². The lowest BCUT2D eigenvalue weighted by atomic mass is 10.2. The smallest absolute Gasteiger partial charge is 0.333 e. The number of hydrogen-bond acceptors (Lipinski definition) is 5. The van der Waals surface area contributed by atoms with Crippen LogP contribution >= 0.6 is 0 Å². The molecule has 2 heterocycles. The fourth-order valence-corrected chi connectivity index (χ4v) is 1.84. The van der Waals surface area contributed by atoms with E-state index in [0.29, 0.717) is 17.3 Å². The minimum Gasteiger partial charge on any atom is -0.467 e. The molecule has 1 unspecified atom stereocenters. The zero-order valence-corrected chi connectivity index (χ0v) is 10.4. The molecule has 0 aliphatic heterocycles. The Morgan fingerprint density at radius 1 is 1.61 bits per heavy atom. The van der Waals surface area contributed by atoms with Crippen LogP contribution in [0.5, 0.6) is 0 Å². The van der Waals surface area contributed by atoms with Crippen molar-refractivity contribution in [1.29, 1.82) is 0 Å². The normalized spacial score (nSPS) is 12.4. The highest BCUT2D eigenvalue weighted by molar-refractivity contribution is 5.60. The Morgan fingerprint density at radius 3 is 2.89 bits per heavy atom. The Labute approximate surface area is 104 Å². The topological polar surface area (TPSA) is 86.1 Å². The Balaban J connectivity index is 2.31. The number of aryl methyl sites for hydroxylation is 2. The Kier molecular flexibility index (Phi) is 3.05. The first-order valence-corrected chi connectivity index (χ1v) is 5.48. The van der Waals surface area contributed by atoms with Crippen molar-refractivity contribution >= 4 is 11.5 Å². The van der Waals surface area contributed by atoms with E-state index in [2.05, 4.69) is 10.4 Å². The minimum absolute atomic E-state index is 0.00379. The van der Waals surface area contributed by atoms with Crippen molar-refractivity contribution in [2.45, 2.75) is 19.9 Å². The molecule has 0 aliphatic rings. The van der Waals surface area contributed by atoms with Crippen LogP contribution in [0.4, 0.5) is 11.5 Å². The summed E-state index contributed by atoms with van der Waals surface area (Å²) in [5.74, 6) is 1.09. The van der Waals surface area contributed by atoms with Crippen LogP contribution in [-0.4, -0.2) is 14.7 Å². The van der Waals surface area contributed by atoms with Crippen molar-refractivity contribution in [3.05, 3.63) is 40.0 Å². The summed E-state index contributed by atoms with van der Waals surface area (Å²) in [5.41, 5.74) is 0.382. The van der Waals surface area contributed by atoms with Crippen LogP contribution in [0.1, 0.15) is 24.4 Å². The van der Waals surface area contributed by atoms with E-state index in [0.717, 1.165) is 0 Å². The van der Waals surface area contributed by atoms with Gasteiger partial charge in [-0.25, -0.2) is 4.68 Å². The summed E-state index contributed by atoms with van der Waals surface area (Å²) in [6, 6.07) is 3.41. The van der Waals surface area contributed by atoms with Gasteiger partial charge in [-0.1, -0.05) is 0 Å². The number of anilines is 1. The highest BCUT2D eigenvalue weighted by Gasteiger charge is 2.25. The molecule has 96 valence electrons. The molecule has 0 bridgehead atoms. The van der Waals surface area contributed by atoms with Gasteiger partial charge in [0.05, 0.1) is 17.2 Å². The number of nitro groups is 1. The van der Waals surface area contributed by atoms with Gasteiger partial charge in [-0.15, -0.1) is 0 Å². The Bertz CT molecular complexity index is 559. The molecule has 2 rings (SSSR count). The molecule has 0 radical (unpaired) electrons. The Hall–Kier alpha value is -2.31. The highest BCUT2D eigenvalue weighted by Crippen LogP contribution is 2.30. The van der Waals surface area contributed by atoms with Crippen LogP contribution in [0.15, 0.2) is 22.8 Å². The second kappa shape index (κ2) is 4.52. The van der Waals surface area contributed by atoms with Crippen LogP contribution in [0.3, 0.4) is 0 Å². The van der Waals surface area contributed by atoms with E-state index in [1.54, 1.807) is 26.3 Å². The van der Waals surface area contributed by atoms with E-state index >= 15 is 0 Å². The van der Waals surface area contributed by atoms with Gasteiger partial charge in [0.2, 0.25) is 5.82 Å². The molecule has 2 aromatic heterocycles. The number of hydrogen-bond donors (Lipinski definition) is 1. The molecule has 0 saturated heterocycles. The molecule has 0 saturated carbocycles. The van der Waals surface area contributed by atoms with Gasteiger partial charge in [-0.2, -0.15) is 5.10 Å². The van der Waals surface area contributed by atoms with Crippen LogP contribution in [0.2, 0.25) is 0 Å². The van der Waals surface area contributed by atoms with Crippen molar-refractivity contribution in [1.82, 2.24) is 9.78 Å². The third-order valence-electron chi connectivity index (χ3n) is 2.70. The minimum atomic E-state index is -0.431. The third kappa shape index (κ3) is 2.06. The van der Waals surface area contributed by atoms with Crippen LogP contribution in [0.25, 0.3) is 0 Å². The fraction of sp³-hybridized carbons (Fsp3) is 0.364. The summed E-state index contributed by atoms with van der Waals surface area (Å²) in [6.07, 6.45) is 1.57. The standard InChI is InChI=1S/C11H14N4O3/c1-7(9-5-4-6-18-9)12-11-10(15(16)17)8(2)13-14(11)3/h4-7,12H,1-3H3. The van der Waals surface area contributed by atoms with Crippen LogP contribution < -0.4 is 5.32 Å². The van der Waals surface area contributed by atoms with Crippen molar-refractivity contribution in [2.24, 2.45) is 7.05 Å². The van der Waals surface area contributed by atoms with Crippen molar-refractivity contribution in [3.63, 3.8) is 0 Å². The lowest BCUT2D eigenvalue weighted by molar-refractivity contribution is -0.384. The summed E-state index contributed by atoms with van der Waals surface area (Å²) in [4.78, 5) is 10.6. The largest absolute Gasteiger partial charge is 0.467 e. The van der Waals surface area contributed by atoms with Gasteiger partial charge in [-0.3, -0.25) is 10.1 Å². The molecular weight excluding hydrogens is 236 g/mol. The Morgan fingerprint density at radius 2 is 2.33 bits per heavy atom. The second-order valence-electron chi connectivity index (χ2n) is 4.04. The average Bonchev–Trinajstić information content (AvgIpc) is 2.87. The first-order chi connectivity index (χ1) is 8.50. The molecule has 0 aliphatic carbocycles. The molecule has 1 N–H and O–H groups in total. The molecule has 2 aromatic rings. The van der Waals surface area contributed by atoms with E-state index in [9.17, 15) is 10.1 Å². The molecule has 7 nitrogen and oxygen atoms in total. The molecule has 0 fully saturated rings. The number of aromatic nitrogens is 2. The molecule has 0 aromatic carbocycles. The van der Waals surface area contributed by atoms with Gasteiger partial charge in [0, 0.05) is 7.05 Å². The summed E-state index contributed by atoms with van der Waals surface area (Å²) in [7, 11) is 1.66. The second-order valence-corrected chi connectivity index (χ2v) is 4.04. The lowest BCUT2D eigenvalue weighted by Crippen LogP contribution is -2.10. The van der Waals surface area contributed by atoms with Gasteiger partial charge >= 0.3 is 5.69 Å². The maximum absolute atomic E-state index is 11.0. The lowest BCUT2D eigenvalue weighted by Gasteiger charge is -2.12. The van der Waals surface area contributed by atoms with Crippen molar-refractivity contribution in [3.8, 4) is 0 Å². The van der Waals surface area contributed by atoms with Crippen LogP contribution in [0, 0.1) is 17.0 Å².